The van der Waals surface area contributed by atoms with E-state index in [0.717, 1.165) is 6.32 Å². The zero-order valence-electron chi connectivity index (χ0n) is 13.6. The van der Waals surface area contributed by atoms with Crippen LogP contribution in [0.4, 0.5) is 11.5 Å². The van der Waals surface area contributed by atoms with Gasteiger partial charge in [0.2, 0.25) is 5.99 Å². The summed E-state index contributed by atoms with van der Waals surface area (Å²) in [4.78, 5) is 2.53. The van der Waals surface area contributed by atoms with Crippen molar-refractivity contribution in [2.75, 3.05) is 4.90 Å². The number of hydrogen-bond acceptors (Lipinski definition) is 2. The highest BCUT2D eigenvalue weighted by molar-refractivity contribution is 8.12. The molecule has 0 bridgehead atoms. The van der Waals surface area contributed by atoms with Crippen molar-refractivity contribution in [2.24, 2.45) is 5.92 Å². The lowest BCUT2D eigenvalue weighted by atomic mass is 9.57. The third-order valence-electron chi connectivity index (χ3n) is 5.32. The van der Waals surface area contributed by atoms with Crippen LogP contribution in [0.3, 0.4) is 0 Å². The number of aromatic nitrogens is 1. The molecule has 0 radical (unpaired) electrons. The van der Waals surface area contributed by atoms with Gasteiger partial charge in [-0.05, 0) is 37.8 Å². The molecule has 2 aliphatic rings. The van der Waals surface area contributed by atoms with Crippen LogP contribution in [0.1, 0.15) is 19.9 Å². The number of para-hydroxylation sites is 1. The summed E-state index contributed by atoms with van der Waals surface area (Å²) in [6.45, 7) is 4.46. The topological polar surface area (TPSA) is 7.12 Å². The number of thiol groups is 1. The monoisotopic (exact) mass is 321 g/mol. The molecule has 2 nitrogen and oxygen atoms in total. The van der Waals surface area contributed by atoms with Crippen molar-refractivity contribution in [2.45, 2.75) is 32.3 Å². The molecule has 1 aromatic heterocycles. The summed E-state index contributed by atoms with van der Waals surface area (Å²) < 4.78 is 2.41. The van der Waals surface area contributed by atoms with Crippen molar-refractivity contribution in [1.29, 1.82) is 0 Å². The third kappa shape index (κ3) is 2.23. The van der Waals surface area contributed by atoms with Crippen molar-refractivity contribution < 1.29 is 4.57 Å². The molecular weight excluding hydrogens is 299 g/mol. The van der Waals surface area contributed by atoms with E-state index in [1.165, 1.54) is 17.0 Å². The zero-order valence-corrected chi connectivity index (χ0v) is 14.5. The minimum Gasteiger partial charge on any atom is -0.231 e. The number of pyridine rings is 1. The molecule has 4 rings (SSSR count). The molecule has 0 saturated carbocycles. The summed E-state index contributed by atoms with van der Waals surface area (Å²) >= 11 is 4.91. The van der Waals surface area contributed by atoms with Crippen molar-refractivity contribution in [3.63, 3.8) is 0 Å². The van der Waals surface area contributed by atoms with Gasteiger partial charge in [-0.15, -0.1) is 0 Å². The summed E-state index contributed by atoms with van der Waals surface area (Å²) in [7, 11) is 0. The lowest BCUT2D eigenvalue weighted by Crippen LogP contribution is -2.61. The maximum atomic E-state index is 4.91. The van der Waals surface area contributed by atoms with Gasteiger partial charge in [0.1, 0.15) is 17.8 Å². The smallest absolute Gasteiger partial charge is 0.231 e. The van der Waals surface area contributed by atoms with E-state index in [0.29, 0.717) is 24.0 Å². The summed E-state index contributed by atoms with van der Waals surface area (Å²) in [5.41, 5.74) is 2.65. The van der Waals surface area contributed by atoms with Gasteiger partial charge in [0.25, 0.3) is 5.82 Å². The maximum absolute atomic E-state index is 4.91. The highest BCUT2D eigenvalue weighted by Crippen LogP contribution is 2.41. The molecule has 0 saturated heterocycles. The summed E-state index contributed by atoms with van der Waals surface area (Å²) in [6, 6.07) is 16.1. The van der Waals surface area contributed by atoms with Crippen molar-refractivity contribution in [1.82, 2.24) is 0 Å². The van der Waals surface area contributed by atoms with E-state index in [4.69, 9.17) is 12.5 Å². The van der Waals surface area contributed by atoms with Crippen LogP contribution in [-0.4, -0.2) is 12.0 Å². The van der Waals surface area contributed by atoms with E-state index in [2.05, 4.69) is 84.1 Å². The molecule has 2 aromatic rings. The summed E-state index contributed by atoms with van der Waals surface area (Å²) in [5.74, 6) is 2.09. The number of anilines is 2. The highest BCUT2D eigenvalue weighted by atomic mass is 32.1. The molecule has 3 unspecified atom stereocenters. The predicted octanol–water partition coefficient (Wildman–Crippen LogP) is 3.39. The number of fused-ring (bicyclic) bond motifs is 5. The molecule has 0 amide bonds. The highest BCUT2D eigenvalue weighted by Gasteiger charge is 2.49. The van der Waals surface area contributed by atoms with Crippen molar-refractivity contribution in [3.8, 4) is 0 Å². The largest absolute Gasteiger partial charge is 0.282 e. The molecule has 2 aliphatic heterocycles. The molecule has 4 heteroatoms. The fraction of sp³-hybridized carbons (Fsp3) is 0.316. The van der Waals surface area contributed by atoms with Gasteiger partial charge in [0, 0.05) is 6.07 Å². The first-order chi connectivity index (χ1) is 11.2. The molecule has 0 fully saturated rings. The molecule has 23 heavy (non-hydrogen) atoms. The SMILES string of the molecule is CC=CC1C2CB(S)c3ccccc3N2c2cccc[n+]2C1C. The Labute approximate surface area is 144 Å². The molecule has 0 N–H and O–H groups in total. The number of hydrogen-bond donors (Lipinski definition) is 1. The van der Waals surface area contributed by atoms with Gasteiger partial charge in [-0.3, -0.25) is 0 Å². The van der Waals surface area contributed by atoms with Crippen LogP contribution >= 0.6 is 12.5 Å². The fourth-order valence-corrected chi connectivity index (χ4v) is 4.70. The van der Waals surface area contributed by atoms with Crippen LogP contribution in [0.5, 0.6) is 0 Å². The fourth-order valence-electron chi connectivity index (χ4n) is 4.26. The predicted molar refractivity (Wildman–Crippen MR) is 101 cm³/mol. The van der Waals surface area contributed by atoms with Gasteiger partial charge in [-0.25, -0.2) is 21.9 Å². The van der Waals surface area contributed by atoms with Crippen LogP contribution in [0, 0.1) is 5.92 Å². The Kier molecular flexibility index (Phi) is 3.72. The minimum atomic E-state index is 0.308. The Hall–Kier alpha value is -1.68. The first-order valence-electron chi connectivity index (χ1n) is 8.41. The van der Waals surface area contributed by atoms with Crippen LogP contribution in [-0.2, 0) is 0 Å². The van der Waals surface area contributed by atoms with Crippen molar-refractivity contribution in [3.05, 3.63) is 60.8 Å². The second-order valence-electron chi connectivity index (χ2n) is 6.56. The average molecular weight is 321 g/mol. The van der Waals surface area contributed by atoms with E-state index < -0.39 is 0 Å². The van der Waals surface area contributed by atoms with Gasteiger partial charge >= 0.3 is 0 Å². The molecule has 3 heterocycles. The number of allylic oxidation sites excluding steroid dienone is 1. The minimum absolute atomic E-state index is 0.308. The van der Waals surface area contributed by atoms with Gasteiger partial charge in [-0.2, -0.15) is 0 Å². The first-order valence-corrected chi connectivity index (χ1v) is 8.93. The zero-order chi connectivity index (χ0) is 16.0. The molecule has 116 valence electrons. The normalized spacial score (nSPS) is 26.0. The summed E-state index contributed by atoms with van der Waals surface area (Å²) in [6.07, 6.45) is 7.86. The van der Waals surface area contributed by atoms with Gasteiger partial charge in [0.15, 0.2) is 0 Å². The second kappa shape index (κ2) is 5.75. The van der Waals surface area contributed by atoms with E-state index in [-0.39, 0.29) is 0 Å². The number of nitrogens with zero attached hydrogens (tertiary/aromatic N) is 2. The Balaban J connectivity index is 1.95. The van der Waals surface area contributed by atoms with Crippen LogP contribution in [0.25, 0.3) is 0 Å². The quantitative estimate of drug-likeness (QED) is 0.366. The Morgan fingerprint density at radius 2 is 2.00 bits per heavy atom. The second-order valence-corrected chi connectivity index (χ2v) is 7.18. The first kappa shape index (κ1) is 14.9. The molecule has 3 atom stereocenters. The Morgan fingerprint density at radius 3 is 2.83 bits per heavy atom. The molecule has 1 aromatic carbocycles. The van der Waals surface area contributed by atoms with Crippen molar-refractivity contribution >= 4 is 35.4 Å². The standard InChI is InChI=1S/C19H22BN2S/c1-3-8-15-14(2)21-12-7-6-11-19(21)22-17-10-5-4-9-16(17)20(23)13-18(15)22/h3-12,14-15,18,23H,13H2,1-2H3/q+1. The summed E-state index contributed by atoms with van der Waals surface area (Å²) in [5, 5.41) is 0. The molecule has 0 aliphatic carbocycles. The van der Waals surface area contributed by atoms with E-state index in [9.17, 15) is 0 Å². The van der Waals surface area contributed by atoms with Gasteiger partial charge in [0.05, 0.1) is 12.1 Å². The van der Waals surface area contributed by atoms with Gasteiger partial charge < -0.3 is 0 Å². The lowest BCUT2D eigenvalue weighted by Gasteiger charge is -2.43. The molecular formula is C19H22BN2S+. The number of benzene rings is 1. The Bertz CT molecular complexity index is 761. The van der Waals surface area contributed by atoms with Crippen LogP contribution < -0.4 is 14.9 Å². The van der Waals surface area contributed by atoms with E-state index in [1.54, 1.807) is 0 Å². The van der Waals surface area contributed by atoms with E-state index >= 15 is 0 Å². The van der Waals surface area contributed by atoms with Crippen LogP contribution in [0.15, 0.2) is 60.8 Å². The molecule has 0 spiro atoms. The van der Waals surface area contributed by atoms with Crippen LogP contribution in [0.2, 0.25) is 6.32 Å². The lowest BCUT2D eigenvalue weighted by molar-refractivity contribution is -0.718. The third-order valence-corrected chi connectivity index (χ3v) is 5.81. The maximum Gasteiger partial charge on any atom is 0.282 e. The number of rotatable bonds is 1. The Morgan fingerprint density at radius 1 is 1.22 bits per heavy atom. The average Bonchev–Trinajstić information content (AvgIpc) is 2.58. The van der Waals surface area contributed by atoms with Gasteiger partial charge in [-0.1, -0.05) is 36.4 Å². The van der Waals surface area contributed by atoms with E-state index in [1.807, 2.05) is 0 Å².